The van der Waals surface area contributed by atoms with Crippen molar-refractivity contribution in [3.05, 3.63) is 47.3 Å². The number of carbonyl (C=O) groups excluding carboxylic acids is 1. The van der Waals surface area contributed by atoms with Crippen molar-refractivity contribution in [2.24, 2.45) is 11.7 Å². The number of amides is 1. The summed E-state index contributed by atoms with van der Waals surface area (Å²) in [5.41, 5.74) is 6.92. The van der Waals surface area contributed by atoms with Crippen LogP contribution in [0.5, 0.6) is 0 Å². The number of nitrogens with two attached hydrogens (primary N) is 1. The fourth-order valence-electron chi connectivity index (χ4n) is 3.37. The molecule has 4 atom stereocenters. The maximum atomic E-state index is 12.8. The molecule has 1 aliphatic heterocycles. The van der Waals surface area contributed by atoms with Crippen LogP contribution in [0.1, 0.15) is 32.3 Å². The van der Waals surface area contributed by atoms with E-state index in [2.05, 4.69) is 4.85 Å². The van der Waals surface area contributed by atoms with Gasteiger partial charge in [-0.1, -0.05) is 44.2 Å². The molecule has 1 saturated heterocycles. The quantitative estimate of drug-likeness (QED) is 0.864. The van der Waals surface area contributed by atoms with Gasteiger partial charge in [-0.25, -0.2) is 6.57 Å². The Morgan fingerprint density at radius 1 is 1.38 bits per heavy atom. The molecule has 1 aliphatic carbocycles. The normalized spacial score (nSPS) is 28.7. The summed E-state index contributed by atoms with van der Waals surface area (Å²) in [5, 5.41) is 0. The van der Waals surface area contributed by atoms with E-state index in [1.807, 2.05) is 44.2 Å². The van der Waals surface area contributed by atoms with Crippen LogP contribution in [-0.4, -0.2) is 29.1 Å². The predicted molar refractivity (Wildman–Crippen MR) is 81.2 cm³/mol. The van der Waals surface area contributed by atoms with Crippen LogP contribution in [0.4, 0.5) is 0 Å². The Bertz CT molecular complexity index is 590. The van der Waals surface area contributed by atoms with Crippen LogP contribution in [0.2, 0.25) is 0 Å². The largest absolute Gasteiger partial charge is 0.319 e. The first-order valence-electron chi connectivity index (χ1n) is 7.46. The molecule has 1 heterocycles. The van der Waals surface area contributed by atoms with Gasteiger partial charge in [-0.05, 0) is 17.9 Å². The van der Waals surface area contributed by atoms with Crippen LogP contribution >= 0.6 is 0 Å². The zero-order valence-electron chi connectivity index (χ0n) is 12.5. The summed E-state index contributed by atoms with van der Waals surface area (Å²) in [6.45, 7) is 11.3. The molecule has 0 aromatic heterocycles. The SMILES string of the molecule is [C-]#[N+][C@@H]1C[C@@H]2CC2N1C(=O)C(N)C(C)(C)c1ccccc1. The minimum atomic E-state index is -0.622. The Kier molecular flexibility index (Phi) is 3.26. The molecule has 0 bridgehead atoms. The van der Waals surface area contributed by atoms with E-state index in [0.29, 0.717) is 5.92 Å². The van der Waals surface area contributed by atoms with Crippen molar-refractivity contribution in [1.29, 1.82) is 0 Å². The maximum Gasteiger partial charge on any atom is 0.301 e. The van der Waals surface area contributed by atoms with E-state index in [-0.39, 0.29) is 18.1 Å². The number of carbonyl (C=O) groups is 1. The zero-order chi connectivity index (χ0) is 15.2. The first-order valence-corrected chi connectivity index (χ1v) is 7.46. The molecule has 110 valence electrons. The summed E-state index contributed by atoms with van der Waals surface area (Å²) < 4.78 is 0. The maximum absolute atomic E-state index is 12.8. The van der Waals surface area contributed by atoms with E-state index < -0.39 is 11.5 Å². The van der Waals surface area contributed by atoms with Gasteiger partial charge in [0.05, 0.1) is 6.04 Å². The Balaban J connectivity index is 1.83. The number of nitrogens with zero attached hydrogens (tertiary/aromatic N) is 2. The lowest BCUT2D eigenvalue weighted by Gasteiger charge is -2.34. The number of fused-ring (bicyclic) bond motifs is 1. The van der Waals surface area contributed by atoms with Crippen molar-refractivity contribution in [3.63, 3.8) is 0 Å². The van der Waals surface area contributed by atoms with Crippen molar-refractivity contribution in [1.82, 2.24) is 4.90 Å². The monoisotopic (exact) mass is 283 g/mol. The average Bonchev–Trinajstić information content (AvgIpc) is 3.17. The number of benzene rings is 1. The van der Waals surface area contributed by atoms with Crippen molar-refractivity contribution in [2.75, 3.05) is 0 Å². The average molecular weight is 283 g/mol. The van der Waals surface area contributed by atoms with Crippen LogP contribution in [0, 0.1) is 12.5 Å². The van der Waals surface area contributed by atoms with E-state index in [9.17, 15) is 4.79 Å². The summed E-state index contributed by atoms with van der Waals surface area (Å²) >= 11 is 0. The van der Waals surface area contributed by atoms with Gasteiger partial charge < -0.3 is 5.73 Å². The molecular formula is C17H21N3O. The zero-order valence-corrected chi connectivity index (χ0v) is 12.5. The molecule has 0 radical (unpaired) electrons. The van der Waals surface area contributed by atoms with Crippen molar-refractivity contribution in [2.45, 2.75) is 50.4 Å². The van der Waals surface area contributed by atoms with Crippen molar-refractivity contribution < 1.29 is 4.79 Å². The second-order valence-corrected chi connectivity index (χ2v) is 6.72. The van der Waals surface area contributed by atoms with E-state index in [1.54, 1.807) is 4.90 Å². The molecule has 3 rings (SSSR count). The molecule has 1 saturated carbocycles. The van der Waals surface area contributed by atoms with Gasteiger partial charge in [0.2, 0.25) is 5.91 Å². The Morgan fingerprint density at radius 3 is 2.67 bits per heavy atom. The Labute approximate surface area is 125 Å². The fraction of sp³-hybridized carbons (Fsp3) is 0.529. The van der Waals surface area contributed by atoms with Gasteiger partial charge in [0.25, 0.3) is 0 Å². The Hall–Kier alpha value is -1.86. The molecule has 1 aromatic rings. The van der Waals surface area contributed by atoms with Crippen molar-refractivity contribution >= 4 is 5.91 Å². The van der Waals surface area contributed by atoms with Crippen LogP contribution in [0.15, 0.2) is 30.3 Å². The van der Waals surface area contributed by atoms with E-state index in [4.69, 9.17) is 12.3 Å². The molecular weight excluding hydrogens is 262 g/mol. The van der Waals surface area contributed by atoms with Crippen LogP contribution < -0.4 is 5.73 Å². The van der Waals surface area contributed by atoms with E-state index >= 15 is 0 Å². The molecule has 2 N–H and O–H groups in total. The second kappa shape index (κ2) is 4.85. The summed E-state index contributed by atoms with van der Waals surface area (Å²) in [4.78, 5) is 18.2. The minimum absolute atomic E-state index is 0.0742. The molecule has 4 nitrogen and oxygen atoms in total. The van der Waals surface area contributed by atoms with Gasteiger partial charge in [0, 0.05) is 17.9 Å². The number of piperidine rings is 1. The molecule has 2 fully saturated rings. The number of hydrogen-bond donors (Lipinski definition) is 1. The van der Waals surface area contributed by atoms with E-state index in [0.717, 1.165) is 18.4 Å². The van der Waals surface area contributed by atoms with Gasteiger partial charge in [0.15, 0.2) is 0 Å². The molecule has 1 aromatic carbocycles. The summed E-state index contributed by atoms with van der Waals surface area (Å²) in [6, 6.07) is 9.52. The number of likely N-dealkylation sites (tertiary alicyclic amines) is 1. The summed E-state index contributed by atoms with van der Waals surface area (Å²) in [6.07, 6.45) is 1.55. The third kappa shape index (κ3) is 2.22. The molecule has 1 amide bonds. The third-order valence-electron chi connectivity index (χ3n) is 5.04. The second-order valence-electron chi connectivity index (χ2n) is 6.72. The first-order chi connectivity index (χ1) is 9.96. The highest BCUT2D eigenvalue weighted by atomic mass is 16.2. The smallest absolute Gasteiger partial charge is 0.301 e. The molecule has 2 aliphatic rings. The lowest BCUT2D eigenvalue weighted by Crippen LogP contribution is -2.54. The van der Waals surface area contributed by atoms with Gasteiger partial charge in [-0.15, -0.1) is 0 Å². The Morgan fingerprint density at radius 2 is 2.05 bits per heavy atom. The molecule has 4 heteroatoms. The third-order valence-corrected chi connectivity index (χ3v) is 5.04. The van der Waals surface area contributed by atoms with Gasteiger partial charge in [-0.2, -0.15) is 0 Å². The topological polar surface area (TPSA) is 50.7 Å². The van der Waals surface area contributed by atoms with Crippen LogP contribution in [0.25, 0.3) is 4.85 Å². The highest BCUT2D eigenvalue weighted by Crippen LogP contribution is 2.48. The minimum Gasteiger partial charge on any atom is -0.319 e. The summed E-state index contributed by atoms with van der Waals surface area (Å²) in [7, 11) is 0. The highest BCUT2D eigenvalue weighted by molar-refractivity contribution is 5.85. The van der Waals surface area contributed by atoms with E-state index in [1.165, 1.54) is 0 Å². The highest BCUT2D eigenvalue weighted by Gasteiger charge is 2.58. The number of rotatable bonds is 3. The molecule has 21 heavy (non-hydrogen) atoms. The fourth-order valence-corrected chi connectivity index (χ4v) is 3.37. The molecule has 2 unspecified atom stereocenters. The standard InChI is InChI=1S/C17H21N3O/c1-17(2,12-7-5-4-6-8-12)15(18)16(21)20-13-9-11(13)10-14(20)19-3/h4-8,11,13-15H,9-10,18H2,1-2H3/t11-,13?,14-,15?/m0/s1. The summed E-state index contributed by atoms with van der Waals surface area (Å²) in [5.74, 6) is 0.454. The van der Waals surface area contributed by atoms with Gasteiger partial charge in [0.1, 0.15) is 0 Å². The van der Waals surface area contributed by atoms with Crippen molar-refractivity contribution in [3.8, 4) is 0 Å². The number of hydrogen-bond acceptors (Lipinski definition) is 2. The lowest BCUT2D eigenvalue weighted by atomic mass is 9.77. The lowest BCUT2D eigenvalue weighted by molar-refractivity contribution is -0.135. The molecule has 0 spiro atoms. The van der Waals surface area contributed by atoms with Crippen LogP contribution in [0.3, 0.4) is 0 Å². The first kappa shape index (κ1) is 14.1. The van der Waals surface area contributed by atoms with Gasteiger partial charge in [-0.3, -0.25) is 14.5 Å². The van der Waals surface area contributed by atoms with Crippen LogP contribution in [-0.2, 0) is 10.2 Å². The predicted octanol–water partition coefficient (Wildman–Crippen LogP) is 2.16. The van der Waals surface area contributed by atoms with Gasteiger partial charge >= 0.3 is 6.17 Å².